The molecule has 1 aliphatic carbocycles. The molecule has 0 spiro atoms. The van der Waals surface area contributed by atoms with Crippen molar-refractivity contribution in [2.75, 3.05) is 24.6 Å². The number of thioether (sulfide) groups is 1. The molecule has 1 aliphatic heterocycles. The number of nitrogens with zero attached hydrogens (tertiary/aromatic N) is 1. The van der Waals surface area contributed by atoms with Gasteiger partial charge in [0.25, 0.3) is 0 Å². The topological polar surface area (TPSA) is 40.5 Å². The smallest absolute Gasteiger partial charge is 0.232 e. The van der Waals surface area contributed by atoms with Crippen molar-refractivity contribution >= 4 is 17.7 Å². The second kappa shape index (κ2) is 6.98. The lowest BCUT2D eigenvalue weighted by molar-refractivity contribution is -0.140. The number of amides is 1. The van der Waals surface area contributed by atoms with Crippen LogP contribution in [-0.2, 0) is 4.79 Å². The molecule has 2 atom stereocenters. The fraction of sp³-hybridized carbons (Fsp3) is 0.933. The quantitative estimate of drug-likeness (QED) is 0.790. The summed E-state index contributed by atoms with van der Waals surface area (Å²) in [6.45, 7) is 3.71. The highest BCUT2D eigenvalue weighted by molar-refractivity contribution is 7.99. The Balaban J connectivity index is 1.78. The third-order valence-corrected chi connectivity index (χ3v) is 5.68. The summed E-state index contributed by atoms with van der Waals surface area (Å²) in [5.41, 5.74) is -0.468. The molecule has 2 fully saturated rings. The van der Waals surface area contributed by atoms with Crippen LogP contribution in [0.25, 0.3) is 0 Å². The molecule has 0 radical (unpaired) electrons. The maximum Gasteiger partial charge on any atom is 0.232 e. The molecule has 0 bridgehead atoms. The second-order valence-corrected chi connectivity index (χ2v) is 7.15. The predicted octanol–water partition coefficient (Wildman–Crippen LogP) is 2.67. The van der Waals surface area contributed by atoms with Crippen molar-refractivity contribution in [2.24, 2.45) is 5.92 Å². The number of carbonyl (C=O) groups excluding carboxylic acids is 1. The number of hydrogen-bond acceptors (Lipinski definition) is 3. The Hall–Kier alpha value is -0.220. The van der Waals surface area contributed by atoms with E-state index >= 15 is 0 Å². The summed E-state index contributed by atoms with van der Waals surface area (Å²) < 4.78 is 0. The lowest BCUT2D eigenvalue weighted by Crippen LogP contribution is -2.55. The van der Waals surface area contributed by atoms with E-state index < -0.39 is 5.60 Å². The average molecular weight is 285 g/mol. The zero-order valence-corrected chi connectivity index (χ0v) is 12.9. The van der Waals surface area contributed by atoms with E-state index in [1.807, 2.05) is 4.90 Å². The number of carbonyl (C=O) groups is 1. The molecule has 1 heterocycles. The summed E-state index contributed by atoms with van der Waals surface area (Å²) in [5.74, 6) is 2.29. The van der Waals surface area contributed by atoms with Gasteiger partial charge in [0.15, 0.2) is 0 Å². The number of likely N-dealkylation sites (tertiary alicyclic amines) is 1. The monoisotopic (exact) mass is 285 g/mol. The Morgan fingerprint density at radius 2 is 2.26 bits per heavy atom. The highest BCUT2D eigenvalue weighted by Gasteiger charge is 2.43. The van der Waals surface area contributed by atoms with E-state index in [-0.39, 0.29) is 5.91 Å². The molecule has 2 unspecified atom stereocenters. The summed E-state index contributed by atoms with van der Waals surface area (Å²) >= 11 is 1.75. The first-order valence-electron chi connectivity index (χ1n) is 7.73. The van der Waals surface area contributed by atoms with Crippen LogP contribution in [0.1, 0.15) is 51.9 Å². The molecular formula is C15H27NO2S. The van der Waals surface area contributed by atoms with Gasteiger partial charge in [-0.1, -0.05) is 26.2 Å². The number of unbranched alkanes of at least 4 members (excludes halogenated alkanes) is 1. The lowest BCUT2D eigenvalue weighted by atomic mass is 9.71. The van der Waals surface area contributed by atoms with Crippen LogP contribution in [0.5, 0.6) is 0 Å². The molecule has 0 aromatic heterocycles. The third kappa shape index (κ3) is 3.88. The molecule has 0 aromatic rings. The Bertz CT molecular complexity index is 311. The van der Waals surface area contributed by atoms with E-state index in [0.717, 1.165) is 44.5 Å². The van der Waals surface area contributed by atoms with Crippen molar-refractivity contribution in [2.45, 2.75) is 57.5 Å². The van der Waals surface area contributed by atoms with Gasteiger partial charge in [-0.15, -0.1) is 0 Å². The highest BCUT2D eigenvalue weighted by atomic mass is 32.2. The zero-order chi connectivity index (χ0) is 13.7. The molecule has 4 heteroatoms. The minimum atomic E-state index is -0.468. The fourth-order valence-corrected chi connectivity index (χ4v) is 4.29. The number of piperidine rings is 1. The SMILES string of the molecule is CCCCSCC(=O)N1CCC2(O)CCCCC2C1. The van der Waals surface area contributed by atoms with Gasteiger partial charge in [0.1, 0.15) is 0 Å². The van der Waals surface area contributed by atoms with Gasteiger partial charge >= 0.3 is 0 Å². The van der Waals surface area contributed by atoms with E-state index in [0.29, 0.717) is 11.7 Å². The van der Waals surface area contributed by atoms with Gasteiger partial charge in [-0.25, -0.2) is 0 Å². The zero-order valence-electron chi connectivity index (χ0n) is 12.1. The first kappa shape index (κ1) is 15.2. The molecule has 3 nitrogen and oxygen atoms in total. The van der Waals surface area contributed by atoms with Crippen LogP contribution < -0.4 is 0 Å². The summed E-state index contributed by atoms with van der Waals surface area (Å²) in [6.07, 6.45) is 7.55. The van der Waals surface area contributed by atoms with Gasteiger partial charge in [-0.3, -0.25) is 4.79 Å². The summed E-state index contributed by atoms with van der Waals surface area (Å²) in [5, 5.41) is 10.6. The molecule has 1 saturated carbocycles. The van der Waals surface area contributed by atoms with Gasteiger partial charge in [0.05, 0.1) is 11.4 Å². The van der Waals surface area contributed by atoms with Crippen molar-refractivity contribution in [3.05, 3.63) is 0 Å². The number of aliphatic hydroxyl groups is 1. The van der Waals surface area contributed by atoms with Gasteiger partial charge < -0.3 is 10.0 Å². The summed E-state index contributed by atoms with van der Waals surface area (Å²) in [7, 11) is 0. The largest absolute Gasteiger partial charge is 0.389 e. The van der Waals surface area contributed by atoms with Crippen LogP contribution in [0.15, 0.2) is 0 Å². The minimum Gasteiger partial charge on any atom is -0.389 e. The van der Waals surface area contributed by atoms with Crippen molar-refractivity contribution in [3.63, 3.8) is 0 Å². The van der Waals surface area contributed by atoms with E-state index in [4.69, 9.17) is 0 Å². The highest BCUT2D eigenvalue weighted by Crippen LogP contribution is 2.39. The van der Waals surface area contributed by atoms with Gasteiger partial charge in [-0.05, 0) is 31.4 Å². The number of rotatable bonds is 5. The van der Waals surface area contributed by atoms with Crippen molar-refractivity contribution < 1.29 is 9.90 Å². The molecule has 1 N–H and O–H groups in total. The number of hydrogen-bond donors (Lipinski definition) is 1. The van der Waals surface area contributed by atoms with Crippen LogP contribution >= 0.6 is 11.8 Å². The molecule has 2 rings (SSSR count). The average Bonchev–Trinajstić information content (AvgIpc) is 2.42. The fourth-order valence-electron chi connectivity index (χ4n) is 3.29. The van der Waals surface area contributed by atoms with Crippen molar-refractivity contribution in [3.8, 4) is 0 Å². The minimum absolute atomic E-state index is 0.272. The lowest BCUT2D eigenvalue weighted by Gasteiger charge is -2.47. The third-order valence-electron chi connectivity index (χ3n) is 4.65. The van der Waals surface area contributed by atoms with Crippen LogP contribution in [0, 0.1) is 5.92 Å². The molecule has 19 heavy (non-hydrogen) atoms. The Morgan fingerprint density at radius 1 is 1.42 bits per heavy atom. The molecule has 1 amide bonds. The van der Waals surface area contributed by atoms with E-state index in [1.54, 1.807) is 11.8 Å². The van der Waals surface area contributed by atoms with Gasteiger partial charge in [0, 0.05) is 19.0 Å². The predicted molar refractivity (Wildman–Crippen MR) is 80.3 cm³/mol. The standard InChI is InChI=1S/C15H27NO2S/c1-2-3-10-19-12-14(17)16-9-8-15(18)7-5-4-6-13(15)11-16/h13,18H,2-12H2,1H3. The van der Waals surface area contributed by atoms with Crippen LogP contribution in [-0.4, -0.2) is 46.1 Å². The first-order chi connectivity index (χ1) is 9.15. The molecule has 110 valence electrons. The van der Waals surface area contributed by atoms with Crippen molar-refractivity contribution in [1.29, 1.82) is 0 Å². The van der Waals surface area contributed by atoms with Crippen molar-refractivity contribution in [1.82, 2.24) is 4.90 Å². The summed E-state index contributed by atoms with van der Waals surface area (Å²) in [4.78, 5) is 14.2. The Kier molecular flexibility index (Phi) is 5.58. The van der Waals surface area contributed by atoms with Crippen LogP contribution in [0.4, 0.5) is 0 Å². The second-order valence-electron chi connectivity index (χ2n) is 6.04. The van der Waals surface area contributed by atoms with Gasteiger partial charge in [-0.2, -0.15) is 11.8 Å². The molecule has 1 saturated heterocycles. The first-order valence-corrected chi connectivity index (χ1v) is 8.89. The number of fused-ring (bicyclic) bond motifs is 1. The van der Waals surface area contributed by atoms with E-state index in [9.17, 15) is 9.90 Å². The Morgan fingerprint density at radius 3 is 3.05 bits per heavy atom. The normalized spacial score (nSPS) is 31.1. The maximum absolute atomic E-state index is 12.2. The molecule has 2 aliphatic rings. The van der Waals surface area contributed by atoms with E-state index in [1.165, 1.54) is 19.3 Å². The van der Waals surface area contributed by atoms with Crippen LogP contribution in [0.2, 0.25) is 0 Å². The Labute approximate surface area is 121 Å². The van der Waals surface area contributed by atoms with Crippen LogP contribution in [0.3, 0.4) is 0 Å². The summed E-state index contributed by atoms with van der Waals surface area (Å²) in [6, 6.07) is 0. The maximum atomic E-state index is 12.2. The van der Waals surface area contributed by atoms with E-state index in [2.05, 4.69) is 6.92 Å². The van der Waals surface area contributed by atoms with Gasteiger partial charge in [0.2, 0.25) is 5.91 Å². The molecular weight excluding hydrogens is 258 g/mol. The molecule has 0 aromatic carbocycles.